The van der Waals surface area contributed by atoms with Gasteiger partial charge in [0, 0.05) is 40.0 Å². The Bertz CT molecular complexity index is 1160. The molecule has 0 amide bonds. The molecule has 38 heavy (non-hydrogen) atoms. The second-order valence-electron chi connectivity index (χ2n) is 11.1. The molecule has 3 aromatic rings. The second-order valence-corrected chi connectivity index (χ2v) is 11.5. The van der Waals surface area contributed by atoms with E-state index in [1.807, 2.05) is 62.5 Å². The van der Waals surface area contributed by atoms with Gasteiger partial charge >= 0.3 is 5.97 Å². The van der Waals surface area contributed by atoms with Gasteiger partial charge in [0.25, 0.3) is 0 Å². The number of hydrogen-bond acceptors (Lipinski definition) is 2. The molecule has 2 aromatic carbocycles. The molecule has 0 aliphatic heterocycles. The van der Waals surface area contributed by atoms with Crippen molar-refractivity contribution in [3.8, 4) is 11.4 Å². The van der Waals surface area contributed by atoms with E-state index in [1.54, 1.807) is 21.0 Å². The average Bonchev–Trinajstić information content (AvgIpc) is 3.32. The smallest absolute Gasteiger partial charge is 0.309 e. The number of benzene rings is 2. The van der Waals surface area contributed by atoms with Crippen LogP contribution in [0.3, 0.4) is 0 Å². The lowest BCUT2D eigenvalue weighted by atomic mass is 9.78. The highest BCUT2D eigenvalue weighted by Gasteiger charge is 2.36. The summed E-state index contributed by atoms with van der Waals surface area (Å²) in [5, 5.41) is 10.4. The first kappa shape index (κ1) is 33.3. The Labute approximate surface area is 236 Å². The second kappa shape index (κ2) is 15.0. The first-order chi connectivity index (χ1) is 17.7. The largest absolute Gasteiger partial charge is 0.496 e. The van der Waals surface area contributed by atoms with Gasteiger partial charge in [0.05, 0.1) is 12.5 Å². The van der Waals surface area contributed by atoms with Crippen LogP contribution in [0.15, 0.2) is 54.7 Å². The molecule has 0 saturated heterocycles. The number of aliphatic carboxylic acids is 1. The Morgan fingerprint density at radius 1 is 1.00 bits per heavy atom. The molecule has 3 rings (SSSR count). The SMILES string of the molecule is CC(C)C.CCC.COc1c(C)cccc1C(C)c1cc(Cl)ccc1-n1cccc1C(C)C(C)(C)C(=O)O. The highest BCUT2D eigenvalue weighted by atomic mass is 35.5. The molecule has 2 atom stereocenters. The maximum atomic E-state index is 11.9. The summed E-state index contributed by atoms with van der Waals surface area (Å²) in [6.07, 6.45) is 3.23. The molecule has 4 nitrogen and oxygen atoms in total. The van der Waals surface area contributed by atoms with Crippen molar-refractivity contribution in [2.75, 3.05) is 7.11 Å². The van der Waals surface area contributed by atoms with E-state index in [0.717, 1.165) is 39.7 Å². The van der Waals surface area contributed by atoms with Crippen molar-refractivity contribution < 1.29 is 14.6 Å². The Balaban J connectivity index is 0.000000923. The minimum absolute atomic E-state index is 0.0154. The first-order valence-electron chi connectivity index (χ1n) is 13.6. The van der Waals surface area contributed by atoms with Gasteiger partial charge in [-0.1, -0.05) is 84.7 Å². The van der Waals surface area contributed by atoms with Gasteiger partial charge in [-0.25, -0.2) is 0 Å². The van der Waals surface area contributed by atoms with Crippen LogP contribution in [0.4, 0.5) is 0 Å². The molecule has 5 heteroatoms. The fraction of sp³-hybridized carbons (Fsp3) is 0.485. The summed E-state index contributed by atoms with van der Waals surface area (Å²) in [7, 11) is 1.69. The van der Waals surface area contributed by atoms with Crippen LogP contribution in [-0.4, -0.2) is 22.8 Å². The summed E-state index contributed by atoms with van der Waals surface area (Å²) >= 11 is 6.41. The third-order valence-electron chi connectivity index (χ3n) is 6.49. The zero-order valence-electron chi connectivity index (χ0n) is 25.2. The summed E-state index contributed by atoms with van der Waals surface area (Å²) in [6.45, 7) is 20.4. The number of carbonyl (C=O) groups is 1. The van der Waals surface area contributed by atoms with Crippen LogP contribution in [0.25, 0.3) is 5.69 Å². The van der Waals surface area contributed by atoms with Crippen molar-refractivity contribution in [3.63, 3.8) is 0 Å². The highest BCUT2D eigenvalue weighted by molar-refractivity contribution is 6.30. The molecular weight excluding hydrogens is 494 g/mol. The van der Waals surface area contributed by atoms with Crippen LogP contribution < -0.4 is 4.74 Å². The van der Waals surface area contributed by atoms with E-state index in [1.165, 1.54) is 6.42 Å². The molecule has 0 aliphatic rings. The summed E-state index contributed by atoms with van der Waals surface area (Å²) in [5.41, 5.74) is 4.23. The van der Waals surface area contributed by atoms with Crippen LogP contribution in [0, 0.1) is 18.3 Å². The van der Waals surface area contributed by atoms with E-state index in [9.17, 15) is 9.90 Å². The van der Waals surface area contributed by atoms with E-state index in [0.29, 0.717) is 5.02 Å². The van der Waals surface area contributed by atoms with E-state index in [-0.39, 0.29) is 11.8 Å². The van der Waals surface area contributed by atoms with E-state index < -0.39 is 11.4 Å². The van der Waals surface area contributed by atoms with Gasteiger partial charge in [-0.3, -0.25) is 4.79 Å². The zero-order valence-corrected chi connectivity index (χ0v) is 26.0. The van der Waals surface area contributed by atoms with Gasteiger partial charge in [-0.15, -0.1) is 0 Å². The molecule has 1 heterocycles. The number of methoxy groups -OCH3 is 1. The molecule has 0 fully saturated rings. The van der Waals surface area contributed by atoms with E-state index in [4.69, 9.17) is 16.3 Å². The van der Waals surface area contributed by atoms with Crippen LogP contribution >= 0.6 is 11.6 Å². The lowest BCUT2D eigenvalue weighted by molar-refractivity contribution is -0.148. The standard InChI is InChI=1S/C26H30ClNO3.C4H10.C3H8/c1-16-9-7-10-20(24(16)31-6)17(2)21-15-19(27)12-13-23(21)28-14-8-11-22(28)18(3)26(4,5)25(29)30;1-4(2)3;1-3-2/h7-15,17-18H,1-6H3,(H,29,30);4H,1-3H3;3H2,1-2H3. The fourth-order valence-corrected chi connectivity index (χ4v) is 4.26. The summed E-state index contributed by atoms with van der Waals surface area (Å²) in [4.78, 5) is 11.9. The first-order valence-corrected chi connectivity index (χ1v) is 14.0. The predicted octanol–water partition coefficient (Wildman–Crippen LogP) is 9.89. The van der Waals surface area contributed by atoms with Crippen molar-refractivity contribution in [3.05, 3.63) is 82.1 Å². The molecule has 210 valence electrons. The number of ether oxygens (including phenoxy) is 1. The maximum Gasteiger partial charge on any atom is 0.309 e. The minimum Gasteiger partial charge on any atom is -0.496 e. The summed E-state index contributed by atoms with van der Waals surface area (Å²) in [5.74, 6) is 0.699. The van der Waals surface area contributed by atoms with Crippen molar-refractivity contribution in [1.82, 2.24) is 4.57 Å². The van der Waals surface area contributed by atoms with Crippen molar-refractivity contribution in [1.29, 1.82) is 0 Å². The number of carboxylic acids is 1. The number of carboxylic acid groups (broad SMARTS) is 1. The van der Waals surface area contributed by atoms with Gasteiger partial charge in [-0.05, 0) is 68.1 Å². The van der Waals surface area contributed by atoms with Crippen LogP contribution in [0.1, 0.15) is 103 Å². The van der Waals surface area contributed by atoms with Gasteiger partial charge in [0.15, 0.2) is 0 Å². The Morgan fingerprint density at radius 3 is 2.11 bits per heavy atom. The Hall–Kier alpha value is -2.72. The number of aryl methyl sites for hydroxylation is 1. The summed E-state index contributed by atoms with van der Waals surface area (Å²) in [6, 6.07) is 16.0. The topological polar surface area (TPSA) is 51.5 Å². The fourth-order valence-electron chi connectivity index (χ4n) is 4.08. The molecule has 0 spiro atoms. The molecule has 0 radical (unpaired) electrons. The summed E-state index contributed by atoms with van der Waals surface area (Å²) < 4.78 is 7.79. The van der Waals surface area contributed by atoms with E-state index >= 15 is 0 Å². The number of halogens is 1. The number of nitrogens with zero attached hydrogens (tertiary/aromatic N) is 1. The highest BCUT2D eigenvalue weighted by Crippen LogP contribution is 2.40. The Morgan fingerprint density at radius 2 is 1.58 bits per heavy atom. The third kappa shape index (κ3) is 8.39. The Kier molecular flexibility index (Phi) is 13.2. The van der Waals surface area contributed by atoms with E-state index in [2.05, 4.69) is 52.2 Å². The lowest BCUT2D eigenvalue weighted by Gasteiger charge is -2.29. The average molecular weight is 542 g/mol. The van der Waals surface area contributed by atoms with Crippen LogP contribution in [0.5, 0.6) is 5.75 Å². The number of rotatable bonds is 7. The molecule has 2 unspecified atom stereocenters. The minimum atomic E-state index is -0.909. The molecule has 0 aliphatic carbocycles. The van der Waals surface area contributed by atoms with Gasteiger partial charge in [-0.2, -0.15) is 0 Å². The third-order valence-corrected chi connectivity index (χ3v) is 6.72. The van der Waals surface area contributed by atoms with Gasteiger partial charge in [0.2, 0.25) is 0 Å². The number of para-hydroxylation sites is 1. The van der Waals surface area contributed by atoms with Gasteiger partial charge in [0.1, 0.15) is 5.75 Å². The van der Waals surface area contributed by atoms with Crippen LogP contribution in [-0.2, 0) is 4.79 Å². The van der Waals surface area contributed by atoms with Gasteiger partial charge < -0.3 is 14.4 Å². The zero-order chi connectivity index (χ0) is 29.2. The molecule has 0 bridgehead atoms. The lowest BCUT2D eigenvalue weighted by Crippen LogP contribution is -2.30. The number of hydrogen-bond donors (Lipinski definition) is 1. The molecule has 0 saturated carbocycles. The van der Waals surface area contributed by atoms with Crippen molar-refractivity contribution >= 4 is 17.6 Å². The van der Waals surface area contributed by atoms with Crippen molar-refractivity contribution in [2.24, 2.45) is 11.3 Å². The normalized spacial score (nSPS) is 12.6. The molecule has 1 aromatic heterocycles. The number of aromatic nitrogens is 1. The monoisotopic (exact) mass is 541 g/mol. The molecule has 1 N–H and O–H groups in total. The molecular formula is C33H48ClNO3. The predicted molar refractivity (Wildman–Crippen MR) is 162 cm³/mol. The quantitative estimate of drug-likeness (QED) is 0.323. The maximum absolute atomic E-state index is 11.9. The van der Waals surface area contributed by atoms with Crippen molar-refractivity contribution in [2.45, 2.75) is 87.5 Å². The van der Waals surface area contributed by atoms with Crippen LogP contribution in [0.2, 0.25) is 5.02 Å².